The van der Waals surface area contributed by atoms with Gasteiger partial charge in [0, 0.05) is 11.9 Å². The summed E-state index contributed by atoms with van der Waals surface area (Å²) in [6.07, 6.45) is 1.74. The zero-order valence-corrected chi connectivity index (χ0v) is 7.38. The van der Waals surface area contributed by atoms with Gasteiger partial charge in [-0.1, -0.05) is 0 Å². The Balaban J connectivity index is 2.40. The van der Waals surface area contributed by atoms with Crippen molar-refractivity contribution in [3.63, 3.8) is 0 Å². The van der Waals surface area contributed by atoms with Crippen LogP contribution >= 0.6 is 0 Å². The number of aromatic nitrogens is 2. The number of nitrogens with two attached hydrogens (primary N) is 1. The van der Waals surface area contributed by atoms with Gasteiger partial charge in [-0.25, -0.2) is 4.68 Å². The zero-order chi connectivity index (χ0) is 9.97. The molecule has 2 rings (SSSR count). The second kappa shape index (κ2) is 3.23. The van der Waals surface area contributed by atoms with Crippen molar-refractivity contribution in [2.75, 3.05) is 5.73 Å². The number of benzene rings is 1. The molecule has 0 bridgehead atoms. The fourth-order valence-corrected chi connectivity index (χ4v) is 1.15. The normalized spacial score (nSPS) is 9.64. The van der Waals surface area contributed by atoms with E-state index in [1.807, 2.05) is 18.2 Å². The van der Waals surface area contributed by atoms with Crippen LogP contribution in [0.15, 0.2) is 36.5 Å². The minimum atomic E-state index is 0.404. The Bertz CT molecular complexity index is 476. The van der Waals surface area contributed by atoms with Crippen molar-refractivity contribution in [2.45, 2.75) is 0 Å². The first kappa shape index (κ1) is 8.32. The molecule has 0 aliphatic rings. The first-order valence-electron chi connectivity index (χ1n) is 4.11. The highest BCUT2D eigenvalue weighted by Gasteiger charge is 1.98. The number of nitrogen functional groups attached to an aromatic ring is 1. The fourth-order valence-electron chi connectivity index (χ4n) is 1.15. The van der Waals surface area contributed by atoms with E-state index in [0.717, 1.165) is 5.69 Å². The van der Waals surface area contributed by atoms with E-state index in [4.69, 9.17) is 11.0 Å². The molecule has 0 saturated heterocycles. The lowest BCUT2D eigenvalue weighted by molar-refractivity contribution is 0.873. The van der Waals surface area contributed by atoms with Gasteiger partial charge in [-0.15, -0.1) is 0 Å². The van der Waals surface area contributed by atoms with Crippen LogP contribution in [0.5, 0.6) is 0 Å². The van der Waals surface area contributed by atoms with Crippen molar-refractivity contribution in [3.8, 4) is 11.8 Å². The Morgan fingerprint density at radius 3 is 2.50 bits per heavy atom. The molecule has 68 valence electrons. The Morgan fingerprint density at radius 2 is 1.93 bits per heavy atom. The summed E-state index contributed by atoms with van der Waals surface area (Å²) in [5.41, 5.74) is 7.56. The van der Waals surface area contributed by atoms with E-state index in [1.165, 1.54) is 0 Å². The van der Waals surface area contributed by atoms with Crippen molar-refractivity contribution in [3.05, 3.63) is 42.2 Å². The van der Waals surface area contributed by atoms with Crippen molar-refractivity contribution in [1.82, 2.24) is 9.78 Å². The lowest BCUT2D eigenvalue weighted by atomic mass is 10.3. The van der Waals surface area contributed by atoms with Crippen LogP contribution in [-0.2, 0) is 0 Å². The number of rotatable bonds is 1. The third-order valence-corrected chi connectivity index (χ3v) is 1.86. The molecule has 0 amide bonds. The summed E-state index contributed by atoms with van der Waals surface area (Å²) in [5.74, 6) is 0. The van der Waals surface area contributed by atoms with Crippen molar-refractivity contribution in [1.29, 1.82) is 5.26 Å². The van der Waals surface area contributed by atoms with Crippen LogP contribution in [0.25, 0.3) is 5.69 Å². The third kappa shape index (κ3) is 1.43. The molecule has 0 saturated carbocycles. The van der Waals surface area contributed by atoms with Gasteiger partial charge in [-0.05, 0) is 30.3 Å². The predicted octanol–water partition coefficient (Wildman–Crippen LogP) is 1.33. The van der Waals surface area contributed by atoms with Gasteiger partial charge in [0.15, 0.2) is 5.69 Å². The van der Waals surface area contributed by atoms with Crippen LogP contribution in [0.3, 0.4) is 0 Å². The van der Waals surface area contributed by atoms with E-state index in [-0.39, 0.29) is 0 Å². The lowest BCUT2D eigenvalue weighted by Gasteiger charge is -2.00. The molecular weight excluding hydrogens is 176 g/mol. The van der Waals surface area contributed by atoms with Crippen molar-refractivity contribution >= 4 is 5.69 Å². The lowest BCUT2D eigenvalue weighted by Crippen LogP contribution is -1.95. The first-order valence-corrected chi connectivity index (χ1v) is 4.11. The molecule has 0 spiro atoms. The van der Waals surface area contributed by atoms with Gasteiger partial charge >= 0.3 is 0 Å². The first-order chi connectivity index (χ1) is 6.79. The SMILES string of the molecule is N#Cc1ccn(-c2ccc(N)cc2)n1. The maximum absolute atomic E-state index is 8.60. The smallest absolute Gasteiger partial charge is 0.162 e. The minimum absolute atomic E-state index is 0.404. The molecule has 1 aromatic carbocycles. The van der Waals surface area contributed by atoms with E-state index in [9.17, 15) is 0 Å². The monoisotopic (exact) mass is 184 g/mol. The summed E-state index contributed by atoms with van der Waals surface area (Å²) in [6, 6.07) is 10.9. The molecule has 2 aromatic rings. The molecule has 2 N–H and O–H groups in total. The second-order valence-corrected chi connectivity index (χ2v) is 2.85. The van der Waals surface area contributed by atoms with Gasteiger partial charge in [0.1, 0.15) is 6.07 Å². The highest BCUT2D eigenvalue weighted by molar-refractivity contribution is 5.44. The summed E-state index contributed by atoms with van der Waals surface area (Å²) < 4.78 is 1.64. The van der Waals surface area contributed by atoms with Crippen LogP contribution in [0.1, 0.15) is 5.69 Å². The maximum atomic E-state index is 8.60. The third-order valence-electron chi connectivity index (χ3n) is 1.86. The van der Waals surface area contributed by atoms with E-state index >= 15 is 0 Å². The largest absolute Gasteiger partial charge is 0.399 e. The van der Waals surface area contributed by atoms with Gasteiger partial charge in [-0.2, -0.15) is 10.4 Å². The highest BCUT2D eigenvalue weighted by atomic mass is 15.3. The molecule has 0 atom stereocenters. The average Bonchev–Trinajstić information content (AvgIpc) is 2.67. The predicted molar refractivity (Wildman–Crippen MR) is 52.7 cm³/mol. The summed E-state index contributed by atoms with van der Waals surface area (Å²) >= 11 is 0. The van der Waals surface area contributed by atoms with Gasteiger partial charge in [0.2, 0.25) is 0 Å². The Kier molecular flexibility index (Phi) is 1.92. The van der Waals surface area contributed by atoms with Gasteiger partial charge in [0.05, 0.1) is 5.69 Å². The van der Waals surface area contributed by atoms with E-state index < -0.39 is 0 Å². The Hall–Kier alpha value is -2.28. The molecule has 4 heteroatoms. The fraction of sp³-hybridized carbons (Fsp3) is 0. The quantitative estimate of drug-likeness (QED) is 0.680. The molecule has 14 heavy (non-hydrogen) atoms. The zero-order valence-electron chi connectivity index (χ0n) is 7.38. The Morgan fingerprint density at radius 1 is 1.21 bits per heavy atom. The van der Waals surface area contributed by atoms with E-state index in [2.05, 4.69) is 5.10 Å². The van der Waals surface area contributed by atoms with E-state index in [1.54, 1.807) is 29.1 Å². The van der Waals surface area contributed by atoms with Crippen LogP contribution < -0.4 is 5.73 Å². The summed E-state index contributed by atoms with van der Waals surface area (Å²) in [4.78, 5) is 0. The van der Waals surface area contributed by atoms with Gasteiger partial charge in [-0.3, -0.25) is 0 Å². The molecule has 0 aliphatic heterocycles. The van der Waals surface area contributed by atoms with Gasteiger partial charge < -0.3 is 5.73 Å². The minimum Gasteiger partial charge on any atom is -0.399 e. The molecule has 0 aliphatic carbocycles. The molecule has 1 aromatic heterocycles. The summed E-state index contributed by atoms with van der Waals surface area (Å²) in [5, 5.41) is 12.6. The number of anilines is 1. The number of nitriles is 1. The number of hydrogen-bond donors (Lipinski definition) is 1. The molecule has 1 heterocycles. The van der Waals surface area contributed by atoms with Gasteiger partial charge in [0.25, 0.3) is 0 Å². The van der Waals surface area contributed by atoms with Crippen molar-refractivity contribution in [2.24, 2.45) is 0 Å². The number of nitrogens with zero attached hydrogens (tertiary/aromatic N) is 3. The van der Waals surface area contributed by atoms with Crippen molar-refractivity contribution < 1.29 is 0 Å². The molecule has 0 unspecified atom stereocenters. The molecule has 4 nitrogen and oxygen atoms in total. The Labute approximate surface area is 81.2 Å². The summed E-state index contributed by atoms with van der Waals surface area (Å²) in [7, 11) is 0. The topological polar surface area (TPSA) is 67.6 Å². The highest BCUT2D eigenvalue weighted by Crippen LogP contribution is 2.10. The molecular formula is C10H8N4. The standard InChI is InChI=1S/C10H8N4/c11-7-9-5-6-14(13-9)10-3-1-8(12)2-4-10/h1-6H,12H2. The average molecular weight is 184 g/mol. The van der Waals surface area contributed by atoms with E-state index in [0.29, 0.717) is 11.4 Å². The van der Waals surface area contributed by atoms with Crippen LogP contribution in [0.2, 0.25) is 0 Å². The molecule has 0 radical (unpaired) electrons. The number of hydrogen-bond acceptors (Lipinski definition) is 3. The summed E-state index contributed by atoms with van der Waals surface area (Å²) in [6.45, 7) is 0. The van der Waals surface area contributed by atoms with Crippen LogP contribution in [-0.4, -0.2) is 9.78 Å². The van der Waals surface area contributed by atoms with Crippen LogP contribution in [0, 0.1) is 11.3 Å². The van der Waals surface area contributed by atoms with Crippen LogP contribution in [0.4, 0.5) is 5.69 Å². The maximum Gasteiger partial charge on any atom is 0.162 e. The molecule has 0 fully saturated rings. The second-order valence-electron chi connectivity index (χ2n) is 2.85.